The zero-order valence-corrected chi connectivity index (χ0v) is 21.7. The number of fused-ring (bicyclic) bond motifs is 2. The third kappa shape index (κ3) is 5.66. The molecule has 186 valence electrons. The third-order valence-electron chi connectivity index (χ3n) is 7.11. The van der Waals surface area contributed by atoms with Gasteiger partial charge in [-0.3, -0.25) is 9.59 Å². The van der Waals surface area contributed by atoms with E-state index in [-0.39, 0.29) is 11.8 Å². The summed E-state index contributed by atoms with van der Waals surface area (Å²) in [5, 5.41) is 3.10. The molecular formula is C30H34N3O2S+. The van der Waals surface area contributed by atoms with Crippen LogP contribution in [0, 0.1) is 6.92 Å². The highest BCUT2D eigenvalue weighted by Crippen LogP contribution is 2.42. The number of aryl methyl sites for hydroxylation is 1. The maximum Gasteiger partial charge on any atom is 0.259 e. The highest BCUT2D eigenvalue weighted by atomic mass is 32.2. The Morgan fingerprint density at radius 1 is 0.972 bits per heavy atom. The van der Waals surface area contributed by atoms with Gasteiger partial charge < -0.3 is 15.1 Å². The normalized spacial score (nSPS) is 15.7. The van der Waals surface area contributed by atoms with Gasteiger partial charge in [0, 0.05) is 28.3 Å². The van der Waals surface area contributed by atoms with Gasteiger partial charge in [0.15, 0.2) is 0 Å². The summed E-state index contributed by atoms with van der Waals surface area (Å²) >= 11 is 1.58. The fourth-order valence-electron chi connectivity index (χ4n) is 5.04. The number of nitrogens with one attached hydrogen (secondary N) is 2. The molecule has 2 aliphatic rings. The topological polar surface area (TPSA) is 53.9 Å². The highest BCUT2D eigenvalue weighted by molar-refractivity contribution is 7.99. The number of hydrogen-bond acceptors (Lipinski definition) is 3. The van der Waals surface area contributed by atoms with Gasteiger partial charge in [0.1, 0.15) is 0 Å². The van der Waals surface area contributed by atoms with Gasteiger partial charge in [-0.15, -0.1) is 0 Å². The third-order valence-corrected chi connectivity index (χ3v) is 8.25. The van der Waals surface area contributed by atoms with Gasteiger partial charge in [-0.1, -0.05) is 53.7 Å². The molecule has 0 bridgehead atoms. The summed E-state index contributed by atoms with van der Waals surface area (Å²) in [6.45, 7) is 6.80. The van der Waals surface area contributed by atoms with Crippen LogP contribution in [0.4, 0.5) is 5.69 Å². The van der Waals surface area contributed by atoms with Crippen molar-refractivity contribution in [3.63, 3.8) is 0 Å². The SMILES string of the molecule is Cc1ccc(CN2C(=O)c3ccccc3Sc3ccc(C(=O)NCCC[NH+]4CCCCC4)cc32)cc1. The predicted molar refractivity (Wildman–Crippen MR) is 145 cm³/mol. The van der Waals surface area contributed by atoms with Gasteiger partial charge in [0.05, 0.1) is 37.4 Å². The summed E-state index contributed by atoms with van der Waals surface area (Å²) in [6.07, 6.45) is 4.97. The van der Waals surface area contributed by atoms with Crippen molar-refractivity contribution in [1.29, 1.82) is 0 Å². The Labute approximate surface area is 217 Å². The van der Waals surface area contributed by atoms with Crippen LogP contribution in [-0.4, -0.2) is 38.0 Å². The van der Waals surface area contributed by atoms with Gasteiger partial charge in [-0.2, -0.15) is 0 Å². The highest BCUT2D eigenvalue weighted by Gasteiger charge is 2.28. The molecule has 3 aromatic carbocycles. The number of amides is 2. The van der Waals surface area contributed by atoms with E-state index in [9.17, 15) is 9.59 Å². The molecule has 36 heavy (non-hydrogen) atoms. The lowest BCUT2D eigenvalue weighted by molar-refractivity contribution is -0.904. The Hall–Kier alpha value is -3.09. The second-order valence-corrected chi connectivity index (χ2v) is 10.9. The van der Waals surface area contributed by atoms with E-state index in [1.807, 2.05) is 47.4 Å². The van der Waals surface area contributed by atoms with E-state index in [1.165, 1.54) is 37.9 Å². The van der Waals surface area contributed by atoms with Crippen molar-refractivity contribution >= 4 is 29.3 Å². The molecule has 0 radical (unpaired) electrons. The number of quaternary nitrogens is 1. The number of hydrogen-bond donors (Lipinski definition) is 2. The summed E-state index contributed by atoms with van der Waals surface area (Å²) in [6, 6.07) is 21.7. The first-order valence-corrected chi connectivity index (χ1v) is 13.8. The van der Waals surface area contributed by atoms with Crippen LogP contribution < -0.4 is 15.1 Å². The molecule has 0 saturated carbocycles. The van der Waals surface area contributed by atoms with E-state index >= 15 is 0 Å². The maximum absolute atomic E-state index is 13.7. The maximum atomic E-state index is 13.7. The predicted octanol–water partition coefficient (Wildman–Crippen LogP) is 4.50. The molecule has 2 aliphatic heterocycles. The summed E-state index contributed by atoms with van der Waals surface area (Å²) in [5.41, 5.74) is 4.30. The molecule has 0 aromatic heterocycles. The van der Waals surface area contributed by atoms with Crippen molar-refractivity contribution in [1.82, 2.24) is 5.32 Å². The monoisotopic (exact) mass is 500 g/mol. The number of nitrogens with zero attached hydrogens (tertiary/aromatic N) is 1. The number of rotatable bonds is 7. The van der Waals surface area contributed by atoms with Gasteiger partial charge in [-0.25, -0.2) is 0 Å². The fraction of sp³-hybridized carbons (Fsp3) is 0.333. The lowest BCUT2D eigenvalue weighted by Gasteiger charge is -2.24. The van der Waals surface area contributed by atoms with Crippen LogP contribution in [0.5, 0.6) is 0 Å². The van der Waals surface area contributed by atoms with Crippen molar-refractivity contribution in [2.75, 3.05) is 31.1 Å². The Balaban J connectivity index is 1.36. The first kappa shape index (κ1) is 24.6. The molecular weight excluding hydrogens is 466 g/mol. The van der Waals surface area contributed by atoms with Crippen molar-refractivity contribution in [3.8, 4) is 0 Å². The minimum absolute atomic E-state index is 0.0421. The summed E-state index contributed by atoms with van der Waals surface area (Å²) < 4.78 is 0. The zero-order chi connectivity index (χ0) is 24.9. The fourth-order valence-corrected chi connectivity index (χ4v) is 6.10. The zero-order valence-electron chi connectivity index (χ0n) is 20.9. The van der Waals surface area contributed by atoms with Crippen molar-refractivity contribution in [3.05, 3.63) is 89.0 Å². The van der Waals surface area contributed by atoms with E-state index in [0.717, 1.165) is 34.0 Å². The summed E-state index contributed by atoms with van der Waals surface area (Å²) in [5.74, 6) is -0.125. The van der Waals surface area contributed by atoms with Crippen LogP contribution in [0.25, 0.3) is 0 Å². The molecule has 1 fully saturated rings. The van der Waals surface area contributed by atoms with Gasteiger partial charge in [-0.05, 0) is 62.1 Å². The first-order chi connectivity index (χ1) is 17.6. The van der Waals surface area contributed by atoms with E-state index in [2.05, 4.69) is 36.5 Å². The molecule has 2 amide bonds. The number of carbonyl (C=O) groups is 2. The van der Waals surface area contributed by atoms with Gasteiger partial charge in [0.2, 0.25) is 0 Å². The number of piperidine rings is 1. The standard InChI is InChI=1S/C30H33N3O2S/c1-22-10-12-23(13-11-22)21-33-26-20-24(29(34)31-16-7-19-32-17-5-2-6-18-32)14-15-28(26)36-27-9-4-3-8-25(27)30(33)35/h3-4,8-15,20H,2,5-7,16-19,21H2,1H3,(H,31,34)/p+1. The molecule has 1 saturated heterocycles. The van der Waals surface area contributed by atoms with Crippen molar-refractivity contribution in [2.24, 2.45) is 0 Å². The molecule has 5 rings (SSSR count). The van der Waals surface area contributed by atoms with Gasteiger partial charge >= 0.3 is 0 Å². The minimum atomic E-state index is -0.0825. The van der Waals surface area contributed by atoms with E-state index in [1.54, 1.807) is 16.7 Å². The second kappa shape index (κ2) is 11.3. The smallest absolute Gasteiger partial charge is 0.259 e. The Kier molecular flexibility index (Phi) is 7.73. The van der Waals surface area contributed by atoms with E-state index < -0.39 is 0 Å². The molecule has 0 atom stereocenters. The minimum Gasteiger partial charge on any atom is -0.352 e. The number of carbonyl (C=O) groups excluding carboxylic acids is 2. The molecule has 2 N–H and O–H groups in total. The molecule has 3 aromatic rings. The molecule has 5 nitrogen and oxygen atoms in total. The van der Waals surface area contributed by atoms with Crippen LogP contribution in [0.1, 0.15) is 57.5 Å². The Bertz CT molecular complexity index is 1240. The number of anilines is 1. The van der Waals surface area contributed by atoms with E-state index in [4.69, 9.17) is 0 Å². The van der Waals surface area contributed by atoms with Crippen molar-refractivity contribution < 1.29 is 14.5 Å². The molecule has 0 aliphatic carbocycles. The van der Waals surface area contributed by atoms with Crippen LogP contribution >= 0.6 is 11.8 Å². The molecule has 0 unspecified atom stereocenters. The molecule has 6 heteroatoms. The van der Waals surface area contributed by atoms with Crippen LogP contribution in [-0.2, 0) is 6.54 Å². The Morgan fingerprint density at radius 3 is 2.56 bits per heavy atom. The largest absolute Gasteiger partial charge is 0.352 e. The average molecular weight is 501 g/mol. The first-order valence-electron chi connectivity index (χ1n) is 13.0. The van der Waals surface area contributed by atoms with Crippen LogP contribution in [0.3, 0.4) is 0 Å². The number of likely N-dealkylation sites (tertiary alicyclic amines) is 1. The average Bonchev–Trinajstić information content (AvgIpc) is 3.02. The van der Waals surface area contributed by atoms with Crippen molar-refractivity contribution in [2.45, 2.75) is 48.9 Å². The summed E-state index contributed by atoms with van der Waals surface area (Å²) in [7, 11) is 0. The lowest BCUT2D eigenvalue weighted by Crippen LogP contribution is -3.12. The molecule has 0 spiro atoms. The van der Waals surface area contributed by atoms with Crippen LogP contribution in [0.15, 0.2) is 76.5 Å². The number of benzene rings is 3. The van der Waals surface area contributed by atoms with E-state index in [0.29, 0.717) is 24.2 Å². The quantitative estimate of drug-likeness (QED) is 0.470. The van der Waals surface area contributed by atoms with Gasteiger partial charge in [0.25, 0.3) is 11.8 Å². The summed E-state index contributed by atoms with van der Waals surface area (Å²) in [4.78, 5) is 32.1. The second-order valence-electron chi connectivity index (χ2n) is 9.83. The molecule has 2 heterocycles. The Morgan fingerprint density at radius 2 is 1.75 bits per heavy atom. The van der Waals surface area contributed by atoms with Crippen LogP contribution in [0.2, 0.25) is 0 Å². The lowest BCUT2D eigenvalue weighted by atomic mass is 10.1.